The Kier molecular flexibility index (Phi) is 12.8. The maximum atomic E-state index is 11.9. The molecule has 1 rings (SSSR count). The first-order valence-corrected chi connectivity index (χ1v) is 10.3. The van der Waals surface area contributed by atoms with Crippen LogP contribution in [-0.2, 0) is 4.79 Å². The Balaban J connectivity index is 2.07. The molecule has 0 fully saturated rings. The number of rotatable bonds is 15. The molecule has 1 atom stereocenters. The van der Waals surface area contributed by atoms with E-state index in [0.29, 0.717) is 19.4 Å². The number of hydrogen-bond acceptors (Lipinski definition) is 3. The molecule has 0 heterocycles. The number of unbranched alkanes of at least 4 members (excludes halogenated alkanes) is 8. The molecular weight excluding hydrogens is 326 g/mol. The quantitative estimate of drug-likeness (QED) is 0.317. The molecule has 0 radical (unpaired) electrons. The molecule has 1 aromatic rings. The number of amides is 1. The Morgan fingerprint density at radius 2 is 1.50 bits per heavy atom. The Labute approximate surface area is 159 Å². The summed E-state index contributed by atoms with van der Waals surface area (Å²) in [6.45, 7) is 2.70. The van der Waals surface area contributed by atoms with Crippen molar-refractivity contribution in [1.29, 1.82) is 0 Å². The average Bonchev–Trinajstić information content (AvgIpc) is 2.64. The Morgan fingerprint density at radius 3 is 2.08 bits per heavy atom. The second-order valence-electron chi connectivity index (χ2n) is 7.15. The lowest BCUT2D eigenvalue weighted by atomic mass is 9.95. The van der Waals surface area contributed by atoms with Crippen LogP contribution in [0.2, 0.25) is 0 Å². The van der Waals surface area contributed by atoms with Crippen LogP contribution in [-0.4, -0.2) is 29.0 Å². The summed E-state index contributed by atoms with van der Waals surface area (Å²) in [6.07, 6.45) is 10.9. The molecule has 3 N–H and O–H groups in total. The van der Waals surface area contributed by atoms with Gasteiger partial charge >= 0.3 is 0 Å². The molecule has 0 saturated heterocycles. The Bertz CT molecular complexity index is 462. The van der Waals surface area contributed by atoms with Gasteiger partial charge in [0.1, 0.15) is 0 Å². The molecule has 0 spiro atoms. The van der Waals surface area contributed by atoms with Crippen molar-refractivity contribution in [3.05, 3.63) is 35.9 Å². The molecule has 26 heavy (non-hydrogen) atoms. The van der Waals surface area contributed by atoms with Crippen LogP contribution in [0.15, 0.2) is 30.3 Å². The third-order valence-electron chi connectivity index (χ3n) is 4.87. The summed E-state index contributed by atoms with van der Waals surface area (Å²) in [7, 11) is 0. The highest BCUT2D eigenvalue weighted by Crippen LogP contribution is 2.21. The second kappa shape index (κ2) is 14.7. The molecule has 148 valence electrons. The fourth-order valence-electron chi connectivity index (χ4n) is 3.24. The van der Waals surface area contributed by atoms with Crippen LogP contribution in [0.5, 0.6) is 0 Å². The van der Waals surface area contributed by atoms with Gasteiger partial charge in [-0.3, -0.25) is 4.79 Å². The molecule has 0 aliphatic carbocycles. The first kappa shape index (κ1) is 22.7. The predicted molar refractivity (Wildman–Crippen MR) is 107 cm³/mol. The van der Waals surface area contributed by atoms with Gasteiger partial charge in [-0.05, 0) is 18.4 Å². The minimum atomic E-state index is -1.41. The third-order valence-corrected chi connectivity index (χ3v) is 4.87. The molecule has 0 aromatic heterocycles. The van der Waals surface area contributed by atoms with Crippen molar-refractivity contribution in [2.24, 2.45) is 0 Å². The molecular formula is C22H37NO3. The van der Waals surface area contributed by atoms with E-state index in [1.54, 1.807) is 0 Å². The van der Waals surface area contributed by atoms with Crippen molar-refractivity contribution < 1.29 is 15.0 Å². The van der Waals surface area contributed by atoms with Crippen LogP contribution in [0.1, 0.15) is 89.0 Å². The van der Waals surface area contributed by atoms with Crippen LogP contribution in [0.25, 0.3) is 0 Å². The van der Waals surface area contributed by atoms with E-state index in [9.17, 15) is 15.0 Å². The van der Waals surface area contributed by atoms with Gasteiger partial charge < -0.3 is 15.5 Å². The highest BCUT2D eigenvalue weighted by molar-refractivity contribution is 5.75. The standard InChI is InChI=1S/C22H37NO3/c1-2-3-4-5-6-7-8-9-13-16-21(24)23-18-17-20(22(25)26)19-14-11-10-12-15-19/h10-12,14-15,20,22,25-26H,2-9,13,16-18H2,1H3,(H,23,24). The van der Waals surface area contributed by atoms with Crippen molar-refractivity contribution >= 4 is 5.91 Å². The molecule has 4 heteroatoms. The highest BCUT2D eigenvalue weighted by Gasteiger charge is 2.18. The number of benzene rings is 1. The molecule has 0 bridgehead atoms. The number of aliphatic hydroxyl groups is 2. The zero-order chi connectivity index (χ0) is 19.0. The Hall–Kier alpha value is -1.39. The fourth-order valence-corrected chi connectivity index (χ4v) is 3.24. The largest absolute Gasteiger partial charge is 0.368 e. The molecule has 4 nitrogen and oxygen atoms in total. The van der Waals surface area contributed by atoms with Crippen molar-refractivity contribution in [3.63, 3.8) is 0 Å². The lowest BCUT2D eigenvalue weighted by Gasteiger charge is -2.19. The molecule has 0 saturated carbocycles. The van der Waals surface area contributed by atoms with Crippen LogP contribution in [0.3, 0.4) is 0 Å². The van der Waals surface area contributed by atoms with E-state index in [1.165, 1.54) is 44.9 Å². The normalized spacial score (nSPS) is 12.3. The lowest BCUT2D eigenvalue weighted by Crippen LogP contribution is -2.28. The summed E-state index contributed by atoms with van der Waals surface area (Å²) < 4.78 is 0. The zero-order valence-electron chi connectivity index (χ0n) is 16.3. The topological polar surface area (TPSA) is 69.6 Å². The molecule has 1 aromatic carbocycles. The predicted octanol–water partition coefficient (Wildman–Crippen LogP) is 4.51. The zero-order valence-corrected chi connectivity index (χ0v) is 16.3. The summed E-state index contributed by atoms with van der Waals surface area (Å²) >= 11 is 0. The monoisotopic (exact) mass is 363 g/mol. The van der Waals surface area contributed by atoms with Crippen molar-refractivity contribution in [1.82, 2.24) is 5.32 Å². The lowest BCUT2D eigenvalue weighted by molar-refractivity contribution is -0.121. The number of carbonyl (C=O) groups excluding carboxylic acids is 1. The minimum absolute atomic E-state index is 0.0622. The average molecular weight is 364 g/mol. The van der Waals surface area contributed by atoms with Gasteiger partial charge in [-0.2, -0.15) is 0 Å². The summed E-state index contributed by atoms with van der Waals surface area (Å²) in [5, 5.41) is 22.0. The number of nitrogens with one attached hydrogen (secondary N) is 1. The maximum Gasteiger partial charge on any atom is 0.219 e. The highest BCUT2D eigenvalue weighted by atomic mass is 16.5. The van der Waals surface area contributed by atoms with Gasteiger partial charge in [-0.15, -0.1) is 0 Å². The Morgan fingerprint density at radius 1 is 0.923 bits per heavy atom. The summed E-state index contributed by atoms with van der Waals surface area (Å²) in [5.41, 5.74) is 0.885. The smallest absolute Gasteiger partial charge is 0.219 e. The van der Waals surface area contributed by atoms with Gasteiger partial charge in [0.2, 0.25) is 5.91 Å². The SMILES string of the molecule is CCCCCCCCCCCC(=O)NCCC(c1ccccc1)C(O)O. The van der Waals surface area contributed by atoms with Gasteiger partial charge in [0.05, 0.1) is 0 Å². The van der Waals surface area contributed by atoms with Gasteiger partial charge in [0.25, 0.3) is 0 Å². The van der Waals surface area contributed by atoms with E-state index < -0.39 is 6.29 Å². The fraction of sp³-hybridized carbons (Fsp3) is 0.682. The number of aliphatic hydroxyl groups excluding tert-OH is 1. The van der Waals surface area contributed by atoms with Crippen LogP contribution >= 0.6 is 0 Å². The van der Waals surface area contributed by atoms with Crippen molar-refractivity contribution in [2.45, 2.75) is 89.8 Å². The van der Waals surface area contributed by atoms with Gasteiger partial charge in [-0.25, -0.2) is 0 Å². The third kappa shape index (κ3) is 10.6. The van der Waals surface area contributed by atoms with Crippen molar-refractivity contribution in [2.75, 3.05) is 6.54 Å². The van der Waals surface area contributed by atoms with Crippen LogP contribution in [0, 0.1) is 0 Å². The summed E-state index contributed by atoms with van der Waals surface area (Å²) in [6, 6.07) is 9.43. The molecule has 0 aliphatic rings. The first-order valence-electron chi connectivity index (χ1n) is 10.3. The van der Waals surface area contributed by atoms with E-state index in [1.807, 2.05) is 30.3 Å². The van der Waals surface area contributed by atoms with E-state index in [4.69, 9.17) is 0 Å². The van der Waals surface area contributed by atoms with Gasteiger partial charge in [0, 0.05) is 18.9 Å². The van der Waals surface area contributed by atoms with Crippen LogP contribution in [0.4, 0.5) is 0 Å². The van der Waals surface area contributed by atoms with Crippen LogP contribution < -0.4 is 5.32 Å². The number of carbonyl (C=O) groups is 1. The van der Waals surface area contributed by atoms with Gasteiger partial charge in [-0.1, -0.05) is 88.6 Å². The van der Waals surface area contributed by atoms with Crippen molar-refractivity contribution in [3.8, 4) is 0 Å². The minimum Gasteiger partial charge on any atom is -0.368 e. The van der Waals surface area contributed by atoms with Gasteiger partial charge in [0.15, 0.2) is 6.29 Å². The molecule has 1 unspecified atom stereocenters. The first-order chi connectivity index (χ1) is 12.6. The number of hydrogen-bond donors (Lipinski definition) is 3. The maximum absolute atomic E-state index is 11.9. The van der Waals surface area contributed by atoms with E-state index in [2.05, 4.69) is 12.2 Å². The van der Waals surface area contributed by atoms with E-state index >= 15 is 0 Å². The summed E-state index contributed by atoms with van der Waals surface area (Å²) in [4.78, 5) is 11.9. The van der Waals surface area contributed by atoms with E-state index in [-0.39, 0.29) is 11.8 Å². The second-order valence-corrected chi connectivity index (χ2v) is 7.15. The molecule has 1 amide bonds. The van der Waals surface area contributed by atoms with E-state index in [0.717, 1.165) is 18.4 Å². The molecule has 0 aliphatic heterocycles. The summed E-state index contributed by atoms with van der Waals surface area (Å²) in [5.74, 6) is -0.309.